The number of amidine groups is 1. The second-order valence-electron chi connectivity index (χ2n) is 6.19. The van der Waals surface area contributed by atoms with Crippen LogP contribution in [0.25, 0.3) is 0 Å². The molecule has 0 spiro atoms. The normalized spacial score (nSPS) is 22.8. The number of amides is 2. The van der Waals surface area contributed by atoms with E-state index < -0.39 is 0 Å². The molecule has 0 bridgehead atoms. The van der Waals surface area contributed by atoms with Gasteiger partial charge < -0.3 is 16.0 Å². The van der Waals surface area contributed by atoms with E-state index in [0.29, 0.717) is 6.04 Å². The van der Waals surface area contributed by atoms with Crippen LogP contribution in [0.1, 0.15) is 45.4 Å². The van der Waals surface area contributed by atoms with E-state index in [0.717, 1.165) is 45.4 Å². The maximum absolute atomic E-state index is 12.3. The van der Waals surface area contributed by atoms with Gasteiger partial charge in [-0.3, -0.25) is 10.3 Å². The minimum Gasteiger partial charge on any atom is -0.386 e. The summed E-state index contributed by atoms with van der Waals surface area (Å²) in [6.07, 6.45) is 6.85. The lowest BCUT2D eigenvalue weighted by Crippen LogP contribution is -2.57. The first kappa shape index (κ1) is 16.1. The second kappa shape index (κ2) is 7.64. The number of urea groups is 1. The van der Waals surface area contributed by atoms with Crippen molar-refractivity contribution in [2.45, 2.75) is 57.5 Å². The molecule has 120 valence electrons. The molecule has 2 amide bonds. The number of carbonyl (C=O) groups is 1. The summed E-state index contributed by atoms with van der Waals surface area (Å²) in [7, 11) is 0. The Labute approximate surface area is 127 Å². The van der Waals surface area contributed by atoms with Crippen LogP contribution in [-0.4, -0.2) is 59.9 Å². The number of carbonyl (C=O) groups excluding carboxylic acids is 1. The van der Waals surface area contributed by atoms with Crippen LogP contribution in [0.5, 0.6) is 0 Å². The van der Waals surface area contributed by atoms with Gasteiger partial charge in [-0.25, -0.2) is 4.79 Å². The Morgan fingerprint density at radius 1 is 1.24 bits per heavy atom. The lowest BCUT2D eigenvalue weighted by atomic mass is 9.96. The third-order valence-corrected chi connectivity index (χ3v) is 4.72. The summed E-state index contributed by atoms with van der Waals surface area (Å²) in [6, 6.07) is 0.468. The van der Waals surface area contributed by atoms with Crippen LogP contribution in [0.3, 0.4) is 0 Å². The molecule has 4 N–H and O–H groups in total. The van der Waals surface area contributed by atoms with Crippen molar-refractivity contribution >= 4 is 11.9 Å². The lowest BCUT2D eigenvalue weighted by Gasteiger charge is -2.39. The van der Waals surface area contributed by atoms with Gasteiger partial charge in [0.2, 0.25) is 0 Å². The van der Waals surface area contributed by atoms with Gasteiger partial charge in [0, 0.05) is 32.2 Å². The van der Waals surface area contributed by atoms with Gasteiger partial charge in [0.25, 0.3) is 0 Å². The number of rotatable bonds is 4. The van der Waals surface area contributed by atoms with Gasteiger partial charge in [-0.15, -0.1) is 0 Å². The molecule has 2 aliphatic rings. The summed E-state index contributed by atoms with van der Waals surface area (Å²) in [5.41, 5.74) is 5.64. The van der Waals surface area contributed by atoms with Crippen LogP contribution < -0.4 is 11.1 Å². The molecule has 0 aromatic rings. The van der Waals surface area contributed by atoms with Crippen molar-refractivity contribution in [3.05, 3.63) is 0 Å². The van der Waals surface area contributed by atoms with E-state index in [1.54, 1.807) is 0 Å². The molecule has 2 fully saturated rings. The fourth-order valence-corrected chi connectivity index (χ4v) is 3.42. The molecule has 1 aliphatic heterocycles. The Morgan fingerprint density at radius 3 is 2.38 bits per heavy atom. The Kier molecular flexibility index (Phi) is 5.85. The molecule has 6 nitrogen and oxygen atoms in total. The number of nitrogens with one attached hydrogen (secondary N) is 2. The van der Waals surface area contributed by atoms with Crippen LogP contribution in [0.4, 0.5) is 4.79 Å². The molecule has 1 saturated heterocycles. The van der Waals surface area contributed by atoms with E-state index in [4.69, 9.17) is 11.1 Å². The lowest BCUT2D eigenvalue weighted by molar-refractivity contribution is 0.123. The summed E-state index contributed by atoms with van der Waals surface area (Å²) in [6.45, 7) is 5.10. The highest BCUT2D eigenvalue weighted by atomic mass is 16.2. The maximum atomic E-state index is 12.3. The number of nitrogens with two attached hydrogens (primary N) is 1. The Bertz CT molecular complexity index is 359. The number of piperazine rings is 1. The minimum atomic E-state index is 0.0218. The molecular formula is C15H29N5O. The number of hydrogen-bond acceptors (Lipinski definition) is 3. The van der Waals surface area contributed by atoms with E-state index in [9.17, 15) is 4.79 Å². The predicted molar refractivity (Wildman–Crippen MR) is 84.5 cm³/mol. The molecule has 0 aromatic heterocycles. The zero-order valence-electron chi connectivity index (χ0n) is 13.1. The fraction of sp³-hybridized carbons (Fsp3) is 0.867. The SMILES string of the molecule is CCC(C(=N)N)N1CCN(C(=O)NC2CCCCC2)CC1. The smallest absolute Gasteiger partial charge is 0.317 e. The van der Waals surface area contributed by atoms with E-state index in [-0.39, 0.29) is 17.9 Å². The van der Waals surface area contributed by atoms with E-state index in [1.165, 1.54) is 19.3 Å². The van der Waals surface area contributed by atoms with Gasteiger partial charge >= 0.3 is 6.03 Å². The van der Waals surface area contributed by atoms with Gasteiger partial charge in [0.1, 0.15) is 5.84 Å². The van der Waals surface area contributed by atoms with Crippen molar-refractivity contribution in [1.82, 2.24) is 15.1 Å². The van der Waals surface area contributed by atoms with Crippen molar-refractivity contribution < 1.29 is 4.79 Å². The average molecular weight is 295 g/mol. The summed E-state index contributed by atoms with van der Waals surface area (Å²) >= 11 is 0. The Morgan fingerprint density at radius 2 is 1.86 bits per heavy atom. The van der Waals surface area contributed by atoms with Gasteiger partial charge in [-0.05, 0) is 19.3 Å². The summed E-state index contributed by atoms with van der Waals surface area (Å²) in [4.78, 5) is 16.4. The molecular weight excluding hydrogens is 266 g/mol. The maximum Gasteiger partial charge on any atom is 0.317 e. The topological polar surface area (TPSA) is 85.5 Å². The van der Waals surface area contributed by atoms with Gasteiger partial charge in [0.05, 0.1) is 6.04 Å². The molecule has 1 aliphatic carbocycles. The predicted octanol–water partition coefficient (Wildman–Crippen LogP) is 1.36. The van der Waals surface area contributed by atoms with E-state index in [1.807, 2.05) is 11.8 Å². The van der Waals surface area contributed by atoms with Gasteiger partial charge in [-0.2, -0.15) is 0 Å². The molecule has 1 heterocycles. The van der Waals surface area contributed by atoms with Crippen molar-refractivity contribution in [2.75, 3.05) is 26.2 Å². The third kappa shape index (κ3) is 4.33. The van der Waals surface area contributed by atoms with Crippen LogP contribution in [0.15, 0.2) is 0 Å². The first-order valence-corrected chi connectivity index (χ1v) is 8.25. The van der Waals surface area contributed by atoms with Crippen LogP contribution in [0.2, 0.25) is 0 Å². The molecule has 6 heteroatoms. The van der Waals surface area contributed by atoms with Crippen LogP contribution in [-0.2, 0) is 0 Å². The monoisotopic (exact) mass is 295 g/mol. The summed E-state index contributed by atoms with van der Waals surface area (Å²) < 4.78 is 0. The van der Waals surface area contributed by atoms with Gasteiger partial charge in [0.15, 0.2) is 0 Å². The molecule has 1 atom stereocenters. The Balaban J connectivity index is 1.77. The third-order valence-electron chi connectivity index (χ3n) is 4.72. The highest BCUT2D eigenvalue weighted by Gasteiger charge is 2.27. The average Bonchev–Trinajstić information content (AvgIpc) is 2.49. The molecule has 0 aromatic carbocycles. The quantitative estimate of drug-likeness (QED) is 0.541. The van der Waals surface area contributed by atoms with Crippen molar-refractivity contribution in [2.24, 2.45) is 5.73 Å². The zero-order chi connectivity index (χ0) is 15.2. The van der Waals surface area contributed by atoms with Crippen LogP contribution >= 0.6 is 0 Å². The number of hydrogen-bond donors (Lipinski definition) is 3. The van der Waals surface area contributed by atoms with Gasteiger partial charge in [-0.1, -0.05) is 26.2 Å². The molecule has 0 radical (unpaired) electrons. The van der Waals surface area contributed by atoms with Crippen LogP contribution in [0, 0.1) is 5.41 Å². The standard InChI is InChI=1S/C15H29N5O/c1-2-13(14(16)17)19-8-10-20(11-9-19)15(21)18-12-6-4-3-5-7-12/h12-13H,2-11H2,1H3,(H3,16,17)(H,18,21). The molecule has 1 unspecified atom stereocenters. The largest absolute Gasteiger partial charge is 0.386 e. The first-order chi connectivity index (χ1) is 10.1. The van der Waals surface area contributed by atoms with Crippen molar-refractivity contribution in [3.8, 4) is 0 Å². The summed E-state index contributed by atoms with van der Waals surface area (Å²) in [5, 5.41) is 10.8. The zero-order valence-corrected chi connectivity index (χ0v) is 13.1. The molecule has 21 heavy (non-hydrogen) atoms. The van der Waals surface area contributed by atoms with Crippen molar-refractivity contribution in [1.29, 1.82) is 5.41 Å². The molecule has 2 rings (SSSR count). The fourth-order valence-electron chi connectivity index (χ4n) is 3.42. The highest BCUT2D eigenvalue weighted by Crippen LogP contribution is 2.18. The highest BCUT2D eigenvalue weighted by molar-refractivity contribution is 5.82. The van der Waals surface area contributed by atoms with E-state index >= 15 is 0 Å². The van der Waals surface area contributed by atoms with Crippen molar-refractivity contribution in [3.63, 3.8) is 0 Å². The first-order valence-electron chi connectivity index (χ1n) is 8.25. The van der Waals surface area contributed by atoms with E-state index in [2.05, 4.69) is 10.2 Å². The number of nitrogens with zero attached hydrogens (tertiary/aromatic N) is 2. The molecule has 1 saturated carbocycles. The second-order valence-corrected chi connectivity index (χ2v) is 6.19. The Hall–Kier alpha value is -1.30. The minimum absolute atomic E-state index is 0.0218. The summed E-state index contributed by atoms with van der Waals surface area (Å²) in [5.74, 6) is 0.234.